The molecule has 2 atom stereocenters. The van der Waals surface area contributed by atoms with Gasteiger partial charge in [0.2, 0.25) is 5.56 Å². The summed E-state index contributed by atoms with van der Waals surface area (Å²) in [6, 6.07) is 4.74. The number of anilines is 2. The van der Waals surface area contributed by atoms with E-state index < -0.39 is 34.6 Å². The number of H-pyrrole nitrogens is 1. The Morgan fingerprint density at radius 1 is 1.15 bits per heavy atom. The van der Waals surface area contributed by atoms with Crippen molar-refractivity contribution in [1.82, 2.24) is 14.9 Å². The van der Waals surface area contributed by atoms with Crippen LogP contribution >= 0.6 is 0 Å². The van der Waals surface area contributed by atoms with E-state index >= 15 is 4.39 Å². The van der Waals surface area contributed by atoms with Crippen LogP contribution in [0.3, 0.4) is 0 Å². The summed E-state index contributed by atoms with van der Waals surface area (Å²) < 4.78 is 62.0. The molecular formula is C27H29F4N5O3. The Bertz CT molecular complexity index is 1410. The van der Waals surface area contributed by atoms with Crippen molar-refractivity contribution in [3.8, 4) is 16.9 Å². The second-order valence-electron chi connectivity index (χ2n) is 9.54. The van der Waals surface area contributed by atoms with Gasteiger partial charge in [0.1, 0.15) is 11.6 Å². The molecule has 2 unspecified atom stereocenters. The highest BCUT2D eigenvalue weighted by atomic mass is 19.4. The number of halogens is 4. The lowest BCUT2D eigenvalue weighted by Gasteiger charge is -2.44. The van der Waals surface area contributed by atoms with Gasteiger partial charge in [-0.15, -0.1) is 0 Å². The number of piperazine rings is 1. The Balaban J connectivity index is 1.82. The molecule has 0 saturated carbocycles. The molecule has 1 amide bonds. The molecule has 8 nitrogen and oxygen atoms in total. The maximum absolute atomic E-state index is 15.6. The van der Waals surface area contributed by atoms with Crippen LogP contribution in [0.2, 0.25) is 0 Å². The number of nitrogens with one attached hydrogen (secondary N) is 2. The minimum Gasteiger partial charge on any atom is -0.492 e. The molecule has 1 aromatic carbocycles. The van der Waals surface area contributed by atoms with E-state index in [1.165, 1.54) is 24.5 Å². The van der Waals surface area contributed by atoms with Gasteiger partial charge in [0.05, 0.1) is 35.3 Å². The molecule has 12 heteroatoms. The summed E-state index contributed by atoms with van der Waals surface area (Å²) in [4.78, 5) is 35.0. The molecule has 2 aromatic heterocycles. The van der Waals surface area contributed by atoms with Crippen molar-refractivity contribution in [1.29, 1.82) is 0 Å². The van der Waals surface area contributed by atoms with Gasteiger partial charge in [-0.05, 0) is 46.0 Å². The average molecular weight is 548 g/mol. The minimum absolute atomic E-state index is 0.0795. The van der Waals surface area contributed by atoms with Gasteiger partial charge in [-0.1, -0.05) is 0 Å². The topological polar surface area (TPSA) is 90.6 Å². The van der Waals surface area contributed by atoms with Crippen LogP contribution in [0.15, 0.2) is 47.7 Å². The third-order valence-corrected chi connectivity index (χ3v) is 6.84. The largest absolute Gasteiger partial charge is 0.492 e. The number of carbonyl (C=O) groups excluding carboxylic acids is 1. The first-order valence-electron chi connectivity index (χ1n) is 12.4. The Morgan fingerprint density at radius 3 is 2.49 bits per heavy atom. The van der Waals surface area contributed by atoms with E-state index in [1.54, 1.807) is 13.0 Å². The number of carbonyl (C=O) groups is 1. The maximum Gasteiger partial charge on any atom is 0.417 e. The van der Waals surface area contributed by atoms with Crippen molar-refractivity contribution < 1.29 is 27.1 Å². The second-order valence-corrected chi connectivity index (χ2v) is 9.54. The van der Waals surface area contributed by atoms with E-state index in [0.717, 1.165) is 6.20 Å². The molecule has 0 radical (unpaired) electrons. The van der Waals surface area contributed by atoms with Gasteiger partial charge in [-0.3, -0.25) is 19.5 Å². The number of nitrogens with zero attached hydrogens (tertiary/aromatic N) is 3. The molecular weight excluding hydrogens is 518 g/mol. The smallest absolute Gasteiger partial charge is 0.417 e. The SMILES string of the molecule is CCOc1cncc(-c2cc(NC(=O)c3c[nH]c(=O)cc3C(F)(F)F)c(N3CC(C)N(C)C(C)C3)cc2F)c1. The van der Waals surface area contributed by atoms with Crippen molar-refractivity contribution in [2.45, 2.75) is 39.0 Å². The van der Waals surface area contributed by atoms with Crippen LogP contribution < -0.4 is 20.5 Å². The number of alkyl halides is 3. The second kappa shape index (κ2) is 11.0. The number of ether oxygens (including phenoxy) is 1. The quantitative estimate of drug-likeness (QED) is 0.432. The van der Waals surface area contributed by atoms with Crippen molar-refractivity contribution in [2.75, 3.05) is 37.0 Å². The summed E-state index contributed by atoms with van der Waals surface area (Å²) >= 11 is 0. The Hall–Kier alpha value is -3.93. The predicted molar refractivity (Wildman–Crippen MR) is 140 cm³/mol. The fourth-order valence-electron chi connectivity index (χ4n) is 4.64. The molecule has 3 heterocycles. The van der Waals surface area contributed by atoms with E-state index in [-0.39, 0.29) is 23.3 Å². The van der Waals surface area contributed by atoms with E-state index in [9.17, 15) is 22.8 Å². The zero-order valence-corrected chi connectivity index (χ0v) is 21.9. The molecule has 0 bridgehead atoms. The highest BCUT2D eigenvalue weighted by Crippen LogP contribution is 2.37. The molecule has 0 spiro atoms. The van der Waals surface area contributed by atoms with Gasteiger partial charge in [0, 0.05) is 54.8 Å². The Kier molecular flexibility index (Phi) is 7.96. The standard InChI is InChI=1S/C27H29F4N5O3/c1-5-39-18-6-17(10-32-11-18)19-7-23(24(9-22(19)28)36-13-15(2)35(4)16(3)14-36)34-26(38)20-12-33-25(37)8-21(20)27(29,30)31/h6-12,15-16H,5,13-14H2,1-4H3,(H,33,37)(H,34,38). The molecule has 1 aliphatic rings. The van der Waals surface area contributed by atoms with Crippen LogP contribution in [0.4, 0.5) is 28.9 Å². The summed E-state index contributed by atoms with van der Waals surface area (Å²) in [5.74, 6) is -1.29. The number of benzene rings is 1. The fraction of sp³-hybridized carbons (Fsp3) is 0.370. The summed E-state index contributed by atoms with van der Waals surface area (Å²) in [6.45, 7) is 7.17. The van der Waals surface area contributed by atoms with E-state index in [0.29, 0.717) is 42.8 Å². The van der Waals surface area contributed by atoms with Gasteiger partial charge in [0.25, 0.3) is 5.91 Å². The lowest BCUT2D eigenvalue weighted by atomic mass is 10.0. The van der Waals surface area contributed by atoms with Gasteiger partial charge in [-0.2, -0.15) is 13.2 Å². The third-order valence-electron chi connectivity index (χ3n) is 6.84. The first-order chi connectivity index (χ1) is 18.4. The monoisotopic (exact) mass is 547 g/mol. The zero-order valence-electron chi connectivity index (χ0n) is 21.9. The van der Waals surface area contributed by atoms with Crippen LogP contribution in [0.25, 0.3) is 11.1 Å². The average Bonchev–Trinajstić information content (AvgIpc) is 2.87. The summed E-state index contributed by atoms with van der Waals surface area (Å²) in [5.41, 5.74) is -2.26. The molecule has 0 aliphatic carbocycles. The molecule has 1 aliphatic heterocycles. The third kappa shape index (κ3) is 6.06. The van der Waals surface area contributed by atoms with Crippen molar-refractivity contribution in [3.63, 3.8) is 0 Å². The lowest BCUT2D eigenvalue weighted by molar-refractivity contribution is -0.138. The van der Waals surface area contributed by atoms with Crippen molar-refractivity contribution in [2.24, 2.45) is 0 Å². The van der Waals surface area contributed by atoms with Crippen LogP contribution in [-0.2, 0) is 6.18 Å². The number of rotatable bonds is 6. The maximum atomic E-state index is 15.6. The van der Waals surface area contributed by atoms with Crippen LogP contribution in [0.5, 0.6) is 5.75 Å². The highest BCUT2D eigenvalue weighted by molar-refractivity contribution is 6.07. The zero-order chi connectivity index (χ0) is 28.5. The van der Waals surface area contributed by atoms with Crippen LogP contribution in [-0.4, -0.2) is 59.6 Å². The van der Waals surface area contributed by atoms with Crippen molar-refractivity contribution >= 4 is 17.3 Å². The Labute approximate surface area is 222 Å². The molecule has 3 aromatic rings. The van der Waals surface area contributed by atoms with Gasteiger partial charge in [0.15, 0.2) is 0 Å². The minimum atomic E-state index is -4.94. The molecule has 2 N–H and O–H groups in total. The summed E-state index contributed by atoms with van der Waals surface area (Å²) in [5, 5.41) is 2.54. The molecule has 39 heavy (non-hydrogen) atoms. The summed E-state index contributed by atoms with van der Waals surface area (Å²) in [7, 11) is 1.98. The highest BCUT2D eigenvalue weighted by Gasteiger charge is 2.36. The van der Waals surface area contributed by atoms with Gasteiger partial charge in [-0.25, -0.2) is 4.39 Å². The number of amides is 1. The number of pyridine rings is 2. The van der Waals surface area contributed by atoms with Crippen LogP contribution in [0.1, 0.15) is 36.7 Å². The predicted octanol–water partition coefficient (Wildman–Crippen LogP) is 4.77. The number of hydrogen-bond donors (Lipinski definition) is 2. The first kappa shape index (κ1) is 28.1. The number of hydrogen-bond acceptors (Lipinski definition) is 6. The van der Waals surface area contributed by atoms with Crippen LogP contribution in [0, 0.1) is 5.82 Å². The Morgan fingerprint density at radius 2 is 1.85 bits per heavy atom. The molecule has 4 rings (SSSR count). The first-order valence-corrected chi connectivity index (χ1v) is 12.4. The fourth-order valence-corrected chi connectivity index (χ4v) is 4.64. The number of likely N-dealkylation sites (N-methyl/N-ethyl adjacent to an activating group) is 1. The molecule has 1 saturated heterocycles. The van der Waals surface area contributed by atoms with Gasteiger partial charge < -0.3 is 19.9 Å². The van der Waals surface area contributed by atoms with E-state index in [4.69, 9.17) is 4.74 Å². The van der Waals surface area contributed by atoms with E-state index in [1.807, 2.05) is 25.8 Å². The van der Waals surface area contributed by atoms with Gasteiger partial charge >= 0.3 is 6.18 Å². The lowest BCUT2D eigenvalue weighted by Crippen LogP contribution is -2.55. The normalized spacial score (nSPS) is 18.2. The van der Waals surface area contributed by atoms with E-state index in [2.05, 4.69) is 20.2 Å². The molecule has 208 valence electrons. The summed E-state index contributed by atoms with van der Waals surface area (Å²) in [6.07, 6.45) is -1.31. The number of aromatic amines is 1. The van der Waals surface area contributed by atoms with Crippen molar-refractivity contribution in [3.05, 3.63) is 70.2 Å². The number of aromatic nitrogens is 2. The molecule has 1 fully saturated rings.